The van der Waals surface area contributed by atoms with Crippen LogP contribution in [0.25, 0.3) is 0 Å². The topological polar surface area (TPSA) is 9.23 Å². The first-order valence-corrected chi connectivity index (χ1v) is 14.9. The molecule has 1 nitrogen and oxygen atoms in total. The maximum Gasteiger partial charge on any atom is 0.0547 e. The lowest BCUT2D eigenvalue weighted by atomic mass is 10.0. The van der Waals surface area contributed by atoms with Crippen molar-refractivity contribution in [2.24, 2.45) is 0 Å². The highest BCUT2D eigenvalue weighted by atomic mass is 16.5. The Bertz CT molecular complexity index is 301. The van der Waals surface area contributed by atoms with E-state index in [-0.39, 0.29) is 0 Å². The van der Waals surface area contributed by atoms with Gasteiger partial charge in [-0.05, 0) is 19.8 Å². The highest BCUT2D eigenvalue weighted by Crippen LogP contribution is 2.15. The largest absolute Gasteiger partial charge is 0.379 e. The molecule has 0 radical (unpaired) electrons. The molecule has 0 saturated carbocycles. The third-order valence-electron chi connectivity index (χ3n) is 6.86. The SMILES string of the molecule is CCCCCCCCCCCCCCCCCCOC(C)CCCCCCCCCC. The lowest BCUT2D eigenvalue weighted by Crippen LogP contribution is -2.09. The Balaban J connectivity index is 3.11. The van der Waals surface area contributed by atoms with Gasteiger partial charge in [0.1, 0.15) is 0 Å². The molecule has 0 aromatic heterocycles. The second kappa shape index (κ2) is 28.0. The average Bonchev–Trinajstić information content (AvgIpc) is 2.77. The van der Waals surface area contributed by atoms with Crippen molar-refractivity contribution in [1.29, 1.82) is 0 Å². The molecule has 1 unspecified atom stereocenters. The van der Waals surface area contributed by atoms with E-state index in [0.29, 0.717) is 6.10 Å². The third kappa shape index (κ3) is 27.9. The monoisotopic (exact) mass is 438 g/mol. The van der Waals surface area contributed by atoms with Crippen molar-refractivity contribution in [1.82, 2.24) is 0 Å². The van der Waals surface area contributed by atoms with Gasteiger partial charge in [-0.2, -0.15) is 0 Å². The van der Waals surface area contributed by atoms with Crippen LogP contribution < -0.4 is 0 Å². The Morgan fingerprint density at radius 3 is 1.03 bits per heavy atom. The first kappa shape index (κ1) is 31.0. The highest BCUT2D eigenvalue weighted by molar-refractivity contribution is 4.54. The van der Waals surface area contributed by atoms with E-state index in [2.05, 4.69) is 20.8 Å². The molecule has 0 heterocycles. The fourth-order valence-corrected chi connectivity index (χ4v) is 4.58. The highest BCUT2D eigenvalue weighted by Gasteiger charge is 2.02. The Hall–Kier alpha value is -0.0400. The van der Waals surface area contributed by atoms with Gasteiger partial charge in [-0.1, -0.05) is 162 Å². The van der Waals surface area contributed by atoms with Gasteiger partial charge in [0.2, 0.25) is 0 Å². The van der Waals surface area contributed by atoms with E-state index in [4.69, 9.17) is 4.74 Å². The Kier molecular flexibility index (Phi) is 28.0. The number of unbranched alkanes of at least 4 members (excludes halogenated alkanes) is 22. The summed E-state index contributed by atoms with van der Waals surface area (Å²) in [6, 6.07) is 0. The second-order valence-electron chi connectivity index (χ2n) is 10.2. The van der Waals surface area contributed by atoms with Crippen LogP contribution in [0, 0.1) is 0 Å². The molecule has 0 fully saturated rings. The van der Waals surface area contributed by atoms with Crippen LogP contribution in [0.2, 0.25) is 0 Å². The lowest BCUT2D eigenvalue weighted by molar-refractivity contribution is 0.0557. The summed E-state index contributed by atoms with van der Waals surface area (Å²) in [5.74, 6) is 0. The average molecular weight is 439 g/mol. The number of hydrogen-bond acceptors (Lipinski definition) is 1. The predicted octanol–water partition coefficient (Wildman–Crippen LogP) is 11.2. The van der Waals surface area contributed by atoms with Crippen molar-refractivity contribution < 1.29 is 4.74 Å². The molecule has 0 rings (SSSR count). The fraction of sp³-hybridized carbons (Fsp3) is 1.00. The van der Waals surface area contributed by atoms with Crippen LogP contribution >= 0.6 is 0 Å². The predicted molar refractivity (Wildman–Crippen MR) is 142 cm³/mol. The van der Waals surface area contributed by atoms with E-state index in [1.165, 1.54) is 161 Å². The molecular weight excluding hydrogens is 376 g/mol. The maximum atomic E-state index is 6.02. The molecule has 0 amide bonds. The summed E-state index contributed by atoms with van der Waals surface area (Å²) in [6.07, 6.45) is 36.0. The van der Waals surface area contributed by atoms with Crippen molar-refractivity contribution in [2.45, 2.75) is 187 Å². The van der Waals surface area contributed by atoms with E-state index in [9.17, 15) is 0 Å². The molecular formula is C30H62O. The second-order valence-corrected chi connectivity index (χ2v) is 10.2. The van der Waals surface area contributed by atoms with Crippen molar-refractivity contribution >= 4 is 0 Å². The van der Waals surface area contributed by atoms with Gasteiger partial charge >= 0.3 is 0 Å². The van der Waals surface area contributed by atoms with Gasteiger partial charge in [-0.25, -0.2) is 0 Å². The van der Waals surface area contributed by atoms with E-state index < -0.39 is 0 Å². The van der Waals surface area contributed by atoms with Crippen molar-refractivity contribution in [3.63, 3.8) is 0 Å². The molecule has 31 heavy (non-hydrogen) atoms. The first-order chi connectivity index (χ1) is 15.3. The minimum absolute atomic E-state index is 0.469. The van der Waals surface area contributed by atoms with E-state index in [0.717, 1.165) is 6.61 Å². The zero-order chi connectivity index (χ0) is 22.7. The van der Waals surface area contributed by atoms with Crippen LogP contribution in [0.5, 0.6) is 0 Å². The molecule has 1 heteroatoms. The normalized spacial score (nSPS) is 12.5. The molecule has 0 saturated heterocycles. The zero-order valence-corrected chi connectivity index (χ0v) is 22.4. The van der Waals surface area contributed by atoms with Gasteiger partial charge in [0.25, 0.3) is 0 Å². The standard InChI is InChI=1S/C30H62O/c1-4-6-8-10-12-14-15-16-17-18-19-20-21-23-25-27-29-31-30(3)28-26-24-22-13-11-9-7-5-2/h30H,4-29H2,1-3H3. The van der Waals surface area contributed by atoms with Gasteiger partial charge in [0, 0.05) is 6.61 Å². The van der Waals surface area contributed by atoms with Crippen molar-refractivity contribution in [3.05, 3.63) is 0 Å². The number of hydrogen-bond donors (Lipinski definition) is 0. The van der Waals surface area contributed by atoms with E-state index >= 15 is 0 Å². The van der Waals surface area contributed by atoms with Crippen LogP contribution in [0.1, 0.15) is 181 Å². The van der Waals surface area contributed by atoms with Crippen LogP contribution in [0.15, 0.2) is 0 Å². The summed E-state index contributed by atoms with van der Waals surface area (Å²) in [7, 11) is 0. The van der Waals surface area contributed by atoms with Gasteiger partial charge in [0.15, 0.2) is 0 Å². The van der Waals surface area contributed by atoms with Crippen LogP contribution in [-0.4, -0.2) is 12.7 Å². The van der Waals surface area contributed by atoms with Crippen LogP contribution in [0.3, 0.4) is 0 Å². The van der Waals surface area contributed by atoms with Crippen LogP contribution in [-0.2, 0) is 4.74 Å². The summed E-state index contributed by atoms with van der Waals surface area (Å²) in [5, 5.41) is 0. The minimum atomic E-state index is 0.469. The Labute approximate surface area is 198 Å². The molecule has 0 aliphatic heterocycles. The number of rotatable bonds is 27. The summed E-state index contributed by atoms with van der Waals surface area (Å²) in [4.78, 5) is 0. The molecule has 0 spiro atoms. The smallest absolute Gasteiger partial charge is 0.0547 e. The summed E-state index contributed by atoms with van der Waals surface area (Å²) >= 11 is 0. The zero-order valence-electron chi connectivity index (χ0n) is 22.4. The van der Waals surface area contributed by atoms with E-state index in [1.807, 2.05) is 0 Å². The quantitative estimate of drug-likeness (QED) is 0.116. The van der Waals surface area contributed by atoms with Crippen molar-refractivity contribution in [2.75, 3.05) is 6.61 Å². The molecule has 0 N–H and O–H groups in total. The summed E-state index contributed by atoms with van der Waals surface area (Å²) in [5.41, 5.74) is 0. The van der Waals surface area contributed by atoms with Gasteiger partial charge in [-0.15, -0.1) is 0 Å². The van der Waals surface area contributed by atoms with Crippen molar-refractivity contribution in [3.8, 4) is 0 Å². The molecule has 0 bridgehead atoms. The molecule has 0 aromatic rings. The van der Waals surface area contributed by atoms with Gasteiger partial charge < -0.3 is 4.74 Å². The minimum Gasteiger partial charge on any atom is -0.379 e. The maximum absolute atomic E-state index is 6.02. The Morgan fingerprint density at radius 2 is 0.677 bits per heavy atom. The molecule has 0 aliphatic carbocycles. The molecule has 0 aromatic carbocycles. The van der Waals surface area contributed by atoms with Crippen LogP contribution in [0.4, 0.5) is 0 Å². The first-order valence-electron chi connectivity index (χ1n) is 14.9. The van der Waals surface area contributed by atoms with Gasteiger partial charge in [-0.3, -0.25) is 0 Å². The Morgan fingerprint density at radius 1 is 0.387 bits per heavy atom. The third-order valence-corrected chi connectivity index (χ3v) is 6.86. The fourth-order valence-electron chi connectivity index (χ4n) is 4.58. The molecule has 0 aliphatic rings. The summed E-state index contributed by atoms with van der Waals surface area (Å²) < 4.78 is 6.02. The van der Waals surface area contributed by atoms with E-state index in [1.54, 1.807) is 0 Å². The number of ether oxygens (including phenoxy) is 1. The molecule has 188 valence electrons. The molecule has 1 atom stereocenters. The summed E-state index contributed by atoms with van der Waals surface area (Å²) in [6.45, 7) is 7.85. The van der Waals surface area contributed by atoms with Gasteiger partial charge in [0.05, 0.1) is 6.10 Å². The lowest BCUT2D eigenvalue weighted by Gasteiger charge is -2.13.